The third-order valence-corrected chi connectivity index (χ3v) is 6.53. The lowest BCUT2D eigenvalue weighted by atomic mass is 10.1. The van der Waals surface area contributed by atoms with E-state index in [-0.39, 0.29) is 0 Å². The van der Waals surface area contributed by atoms with E-state index in [1.807, 2.05) is 0 Å². The zero-order chi connectivity index (χ0) is 10.8. The van der Waals surface area contributed by atoms with Crippen molar-refractivity contribution >= 4 is 14.5 Å². The Labute approximate surface area is 102 Å². The van der Waals surface area contributed by atoms with Gasteiger partial charge in [0.15, 0.2) is 0 Å². The predicted molar refractivity (Wildman–Crippen MR) is 68.3 cm³/mol. The van der Waals surface area contributed by atoms with E-state index in [0.29, 0.717) is 6.10 Å². The lowest BCUT2D eigenvalue weighted by molar-refractivity contribution is 0.206. The Hall–Kier alpha value is -0.548. The Morgan fingerprint density at radius 3 is 2.75 bits per heavy atom. The minimum atomic E-state index is -1.06. The van der Waals surface area contributed by atoms with Crippen LogP contribution in [0.2, 0.25) is 5.28 Å². The summed E-state index contributed by atoms with van der Waals surface area (Å²) < 4.78 is 7.98. The molecule has 0 N–H and O–H groups in total. The summed E-state index contributed by atoms with van der Waals surface area (Å²) in [4.78, 5) is 0. The molecule has 1 fully saturated rings. The van der Waals surface area contributed by atoms with Gasteiger partial charge in [-0.05, 0) is 24.8 Å². The minimum Gasteiger partial charge on any atom is -0.492 e. The Morgan fingerprint density at radius 1 is 1.12 bits per heavy atom. The predicted octanol–water partition coefficient (Wildman–Crippen LogP) is 3.47. The number of hydrogen-bond donors (Lipinski definition) is 0. The van der Waals surface area contributed by atoms with Crippen LogP contribution in [0.25, 0.3) is 0 Å². The second-order valence-electron chi connectivity index (χ2n) is 4.79. The molecule has 0 amide bonds. The molecule has 1 saturated heterocycles. The molecule has 1 aliphatic heterocycles. The van der Waals surface area contributed by atoms with Gasteiger partial charge < -0.3 is 3.79 Å². The SMILES string of the molecule is C1=CCC(C2CC[CH2][Al]([C]3=CC=CC3)[O]2)=C1. The Kier molecular flexibility index (Phi) is 3.15. The maximum Gasteiger partial charge on any atom is 0.498 e. The molecule has 0 aromatic carbocycles. The van der Waals surface area contributed by atoms with Crippen LogP contribution in [0, 0.1) is 0 Å². The maximum atomic E-state index is 6.38. The summed E-state index contributed by atoms with van der Waals surface area (Å²) in [5, 5.41) is 1.34. The first kappa shape index (κ1) is 10.6. The van der Waals surface area contributed by atoms with Crippen LogP contribution in [-0.4, -0.2) is 20.6 Å². The largest absolute Gasteiger partial charge is 0.498 e. The smallest absolute Gasteiger partial charge is 0.492 e. The molecule has 1 atom stereocenters. The van der Waals surface area contributed by atoms with Crippen molar-refractivity contribution in [2.45, 2.75) is 37.1 Å². The Bertz CT molecular complexity index is 354. The molecule has 0 aromatic rings. The topological polar surface area (TPSA) is 9.23 Å². The standard InChI is InChI=1S/C9H12O.C5H5.Al/c1-2-5-9(10)8-6-3-4-7-8;1-2-4-5-3-1;/h3-4,6,9H,1-2,5,7H2;1-3H,4H2;/q-1;;+1. The van der Waals surface area contributed by atoms with Crippen LogP contribution in [-0.2, 0) is 3.79 Å². The third-order valence-electron chi connectivity index (χ3n) is 3.69. The van der Waals surface area contributed by atoms with Crippen molar-refractivity contribution in [2.75, 3.05) is 0 Å². The average Bonchev–Trinajstić information content (AvgIpc) is 3.03. The molecule has 1 nitrogen and oxygen atoms in total. The summed E-state index contributed by atoms with van der Waals surface area (Å²) in [6, 6.07) is 0. The normalized spacial score (nSPS) is 28.5. The minimum absolute atomic E-state index is 0.432. The van der Waals surface area contributed by atoms with Gasteiger partial charge in [-0.25, -0.2) is 0 Å². The van der Waals surface area contributed by atoms with Gasteiger partial charge in [0.1, 0.15) is 0 Å². The summed E-state index contributed by atoms with van der Waals surface area (Å²) in [6.07, 6.45) is 18.7. The molecule has 0 aromatic heterocycles. The average molecular weight is 228 g/mol. The first-order valence-corrected chi connectivity index (χ1v) is 8.16. The molecule has 3 aliphatic rings. The Balaban J connectivity index is 1.65. The van der Waals surface area contributed by atoms with Crippen LogP contribution in [0.3, 0.4) is 0 Å². The number of rotatable bonds is 2. The molecular weight excluding hydrogens is 211 g/mol. The summed E-state index contributed by atoms with van der Waals surface area (Å²) in [5.74, 6) is 0. The molecule has 0 radical (unpaired) electrons. The van der Waals surface area contributed by atoms with E-state index >= 15 is 0 Å². The van der Waals surface area contributed by atoms with Crippen molar-refractivity contribution in [3.63, 3.8) is 0 Å². The maximum absolute atomic E-state index is 6.38. The molecule has 1 unspecified atom stereocenters. The molecule has 2 heteroatoms. The summed E-state index contributed by atoms with van der Waals surface area (Å²) in [5.41, 5.74) is 1.50. The van der Waals surface area contributed by atoms with Crippen LogP contribution < -0.4 is 0 Å². The first-order valence-electron chi connectivity index (χ1n) is 6.30. The van der Waals surface area contributed by atoms with Crippen LogP contribution in [0.5, 0.6) is 0 Å². The fraction of sp³-hybridized carbons (Fsp3) is 0.429. The number of hydrogen-bond acceptors (Lipinski definition) is 1. The lowest BCUT2D eigenvalue weighted by Gasteiger charge is -2.29. The quantitative estimate of drug-likeness (QED) is 0.657. The van der Waals surface area contributed by atoms with Crippen molar-refractivity contribution in [3.05, 3.63) is 46.5 Å². The highest BCUT2D eigenvalue weighted by Crippen LogP contribution is 2.31. The van der Waals surface area contributed by atoms with Gasteiger partial charge in [-0.15, -0.1) is 0 Å². The lowest BCUT2D eigenvalue weighted by Crippen LogP contribution is -2.33. The van der Waals surface area contributed by atoms with Crippen molar-refractivity contribution < 1.29 is 3.79 Å². The fourth-order valence-corrected chi connectivity index (χ4v) is 5.49. The second kappa shape index (κ2) is 4.76. The van der Waals surface area contributed by atoms with E-state index in [1.54, 1.807) is 4.44 Å². The van der Waals surface area contributed by atoms with Crippen LogP contribution >= 0.6 is 0 Å². The van der Waals surface area contributed by atoms with Gasteiger partial charge in [-0.1, -0.05) is 52.6 Å². The zero-order valence-electron chi connectivity index (χ0n) is 9.56. The van der Waals surface area contributed by atoms with Gasteiger partial charge in [0, 0.05) is 6.10 Å². The van der Waals surface area contributed by atoms with Crippen LogP contribution in [0.15, 0.2) is 46.5 Å². The highest BCUT2D eigenvalue weighted by molar-refractivity contribution is 6.60. The van der Waals surface area contributed by atoms with Gasteiger partial charge in [0.2, 0.25) is 0 Å². The molecule has 1 heterocycles. The molecule has 82 valence electrons. The van der Waals surface area contributed by atoms with Gasteiger partial charge in [0.05, 0.1) is 0 Å². The van der Waals surface area contributed by atoms with Crippen molar-refractivity contribution in [1.82, 2.24) is 0 Å². The van der Waals surface area contributed by atoms with E-state index in [9.17, 15) is 0 Å². The van der Waals surface area contributed by atoms with Crippen molar-refractivity contribution in [2.24, 2.45) is 0 Å². The van der Waals surface area contributed by atoms with Gasteiger partial charge in [-0.3, -0.25) is 0 Å². The van der Waals surface area contributed by atoms with Crippen LogP contribution in [0.4, 0.5) is 0 Å². The third kappa shape index (κ3) is 2.11. The van der Waals surface area contributed by atoms with E-state index in [1.165, 1.54) is 23.7 Å². The first-order chi connectivity index (χ1) is 7.93. The molecule has 0 bridgehead atoms. The van der Waals surface area contributed by atoms with E-state index in [2.05, 4.69) is 36.5 Å². The van der Waals surface area contributed by atoms with Gasteiger partial charge in [-0.2, -0.15) is 0 Å². The molecule has 3 rings (SSSR count). The highest BCUT2D eigenvalue weighted by atomic mass is 27.2. The van der Waals surface area contributed by atoms with Gasteiger partial charge >= 0.3 is 14.5 Å². The van der Waals surface area contributed by atoms with Gasteiger partial charge in [0.25, 0.3) is 0 Å². The van der Waals surface area contributed by atoms with E-state index < -0.39 is 14.5 Å². The van der Waals surface area contributed by atoms with E-state index in [4.69, 9.17) is 3.79 Å². The molecule has 2 aliphatic carbocycles. The second-order valence-corrected chi connectivity index (χ2v) is 7.36. The highest BCUT2D eigenvalue weighted by Gasteiger charge is 2.33. The van der Waals surface area contributed by atoms with Crippen molar-refractivity contribution in [1.29, 1.82) is 0 Å². The fourth-order valence-electron chi connectivity index (χ4n) is 2.77. The monoisotopic (exact) mass is 228 g/mol. The molecular formula is C14H17AlO. The molecule has 0 saturated carbocycles. The summed E-state index contributed by atoms with van der Waals surface area (Å²) in [6.45, 7) is 0. The van der Waals surface area contributed by atoms with Crippen LogP contribution in [0.1, 0.15) is 25.7 Å². The zero-order valence-corrected chi connectivity index (χ0v) is 10.7. The summed E-state index contributed by atoms with van der Waals surface area (Å²) in [7, 11) is 0. The van der Waals surface area contributed by atoms with E-state index in [0.717, 1.165) is 12.8 Å². The number of allylic oxidation sites excluding steroid dienone is 7. The molecule has 16 heavy (non-hydrogen) atoms. The molecule has 0 spiro atoms. The Morgan fingerprint density at radius 2 is 2.00 bits per heavy atom. The van der Waals surface area contributed by atoms with Crippen molar-refractivity contribution in [3.8, 4) is 0 Å². The summed E-state index contributed by atoms with van der Waals surface area (Å²) >= 11 is -1.06.